The molecule has 0 bridgehead atoms. The third-order valence-corrected chi connectivity index (χ3v) is 4.31. The predicted octanol–water partition coefficient (Wildman–Crippen LogP) is 2.66. The lowest BCUT2D eigenvalue weighted by Gasteiger charge is -2.22. The van der Waals surface area contributed by atoms with Crippen molar-refractivity contribution in [1.82, 2.24) is 20.6 Å². The number of aryl methyl sites for hydroxylation is 1. The first kappa shape index (κ1) is 18.9. The van der Waals surface area contributed by atoms with Crippen LogP contribution in [0.15, 0.2) is 30.3 Å². The number of hydrogen-bond acceptors (Lipinski definition) is 4. The van der Waals surface area contributed by atoms with E-state index in [4.69, 9.17) is 4.74 Å². The molecule has 7 nitrogen and oxygen atoms in total. The molecule has 0 unspecified atom stereocenters. The highest BCUT2D eigenvalue weighted by Gasteiger charge is 2.32. The topological polar surface area (TPSA) is 85.3 Å². The largest absolute Gasteiger partial charge is 0.484 e. The number of hydrogen-bond donors (Lipinski definition) is 2. The van der Waals surface area contributed by atoms with Gasteiger partial charge in [-0.2, -0.15) is 5.10 Å². The summed E-state index contributed by atoms with van der Waals surface area (Å²) in [6, 6.07) is 9.20. The summed E-state index contributed by atoms with van der Waals surface area (Å²) >= 11 is 0. The van der Waals surface area contributed by atoms with Crippen LogP contribution in [0.4, 0.5) is 0 Å². The highest BCUT2D eigenvalue weighted by Crippen LogP contribution is 2.41. The molecular weight excluding hydrogens is 344 g/mol. The molecule has 7 heteroatoms. The molecular formula is C20H26N4O3. The molecule has 1 saturated carbocycles. The number of carbonyl (C=O) groups is 2. The fourth-order valence-electron chi connectivity index (χ4n) is 2.72. The maximum Gasteiger partial charge on any atom is 0.290 e. The Labute approximate surface area is 159 Å². The van der Waals surface area contributed by atoms with Crippen LogP contribution in [0.5, 0.6) is 5.75 Å². The average molecular weight is 370 g/mol. The number of benzene rings is 1. The van der Waals surface area contributed by atoms with Gasteiger partial charge in [0.25, 0.3) is 11.8 Å². The van der Waals surface area contributed by atoms with E-state index in [0.29, 0.717) is 17.4 Å². The first-order chi connectivity index (χ1) is 12.7. The molecule has 1 aliphatic rings. The molecule has 0 saturated heterocycles. The van der Waals surface area contributed by atoms with Crippen molar-refractivity contribution < 1.29 is 14.3 Å². The number of nitrogens with one attached hydrogen (secondary N) is 2. The molecule has 1 heterocycles. The average Bonchev–Trinajstić information content (AvgIpc) is 3.36. The van der Waals surface area contributed by atoms with Gasteiger partial charge in [0, 0.05) is 11.6 Å². The number of carbonyl (C=O) groups excluding carboxylic acids is 2. The van der Waals surface area contributed by atoms with Crippen molar-refractivity contribution in [2.24, 2.45) is 0 Å². The Morgan fingerprint density at radius 3 is 2.44 bits per heavy atom. The van der Waals surface area contributed by atoms with Gasteiger partial charge in [-0.15, -0.1) is 0 Å². The molecule has 144 valence electrons. The summed E-state index contributed by atoms with van der Waals surface area (Å²) in [5.74, 6) is 0.182. The molecule has 1 aromatic heterocycles. The Bertz CT molecular complexity index is 830. The van der Waals surface area contributed by atoms with Crippen molar-refractivity contribution in [2.45, 2.75) is 52.0 Å². The van der Waals surface area contributed by atoms with Crippen LogP contribution in [0.2, 0.25) is 0 Å². The highest BCUT2D eigenvalue weighted by atomic mass is 16.5. The van der Waals surface area contributed by atoms with Crippen LogP contribution in [0.1, 0.15) is 61.3 Å². The zero-order valence-corrected chi connectivity index (χ0v) is 16.2. The van der Waals surface area contributed by atoms with Gasteiger partial charge in [-0.3, -0.25) is 25.1 Å². The van der Waals surface area contributed by atoms with Crippen LogP contribution < -0.4 is 15.6 Å². The molecule has 0 spiro atoms. The monoisotopic (exact) mass is 370 g/mol. The van der Waals surface area contributed by atoms with Gasteiger partial charge in [0.2, 0.25) is 0 Å². The minimum absolute atomic E-state index is 0.187. The molecule has 0 atom stereocenters. The highest BCUT2D eigenvalue weighted by molar-refractivity contribution is 5.93. The summed E-state index contributed by atoms with van der Waals surface area (Å²) in [6.45, 7) is 7.95. The number of hydrazine groups is 1. The standard InChI is InChI=1S/C20H26N4O3/c1-13-5-9-15(10-6-13)27-12-18(25)21-22-19(26)16-11-17(14-7-8-14)24(23-16)20(2,3)4/h5-6,9-11,14H,7-8,12H2,1-4H3,(H,21,25)(H,22,26). The van der Waals surface area contributed by atoms with Crippen LogP contribution in [-0.4, -0.2) is 28.2 Å². The number of amides is 2. The second kappa shape index (κ2) is 7.42. The summed E-state index contributed by atoms with van der Waals surface area (Å²) in [4.78, 5) is 24.2. The maximum atomic E-state index is 12.4. The lowest BCUT2D eigenvalue weighted by molar-refractivity contribution is -0.123. The molecule has 3 rings (SSSR count). The van der Waals surface area contributed by atoms with Crippen molar-refractivity contribution >= 4 is 11.8 Å². The van der Waals surface area contributed by atoms with Crippen molar-refractivity contribution in [3.05, 3.63) is 47.3 Å². The number of aromatic nitrogens is 2. The van der Waals surface area contributed by atoms with E-state index < -0.39 is 11.8 Å². The van der Waals surface area contributed by atoms with Gasteiger partial charge in [0.05, 0.1) is 5.54 Å². The molecule has 1 fully saturated rings. The third kappa shape index (κ3) is 4.87. The SMILES string of the molecule is Cc1ccc(OCC(=O)NNC(=O)c2cc(C3CC3)n(C(C)(C)C)n2)cc1. The minimum atomic E-state index is -0.443. The Kier molecular flexibility index (Phi) is 5.21. The van der Waals surface area contributed by atoms with E-state index in [2.05, 4.69) is 36.7 Å². The number of rotatable bonds is 5. The van der Waals surface area contributed by atoms with E-state index in [1.54, 1.807) is 12.1 Å². The second-order valence-corrected chi connectivity index (χ2v) is 7.92. The molecule has 1 aliphatic carbocycles. The lowest BCUT2D eigenvalue weighted by Crippen LogP contribution is -2.44. The fourth-order valence-corrected chi connectivity index (χ4v) is 2.72. The third-order valence-electron chi connectivity index (χ3n) is 4.31. The van der Waals surface area contributed by atoms with Crippen LogP contribution >= 0.6 is 0 Å². The molecule has 0 aliphatic heterocycles. The van der Waals surface area contributed by atoms with E-state index in [1.807, 2.05) is 29.8 Å². The zero-order valence-electron chi connectivity index (χ0n) is 16.2. The van der Waals surface area contributed by atoms with Gasteiger partial charge >= 0.3 is 0 Å². The summed E-state index contributed by atoms with van der Waals surface area (Å²) < 4.78 is 7.29. The predicted molar refractivity (Wildman–Crippen MR) is 101 cm³/mol. The van der Waals surface area contributed by atoms with Gasteiger partial charge in [-0.05, 0) is 58.7 Å². The normalized spacial score (nSPS) is 13.9. The van der Waals surface area contributed by atoms with Gasteiger partial charge < -0.3 is 4.74 Å². The van der Waals surface area contributed by atoms with Gasteiger partial charge in [0.1, 0.15) is 5.75 Å². The summed E-state index contributed by atoms with van der Waals surface area (Å²) in [6.07, 6.45) is 2.24. The summed E-state index contributed by atoms with van der Waals surface area (Å²) in [5, 5.41) is 4.44. The first-order valence-electron chi connectivity index (χ1n) is 9.13. The smallest absolute Gasteiger partial charge is 0.290 e. The van der Waals surface area contributed by atoms with E-state index >= 15 is 0 Å². The quantitative estimate of drug-likeness (QED) is 0.793. The first-order valence-corrected chi connectivity index (χ1v) is 9.13. The van der Waals surface area contributed by atoms with Crippen LogP contribution in [0.25, 0.3) is 0 Å². The molecule has 0 radical (unpaired) electrons. The number of ether oxygens (including phenoxy) is 1. The van der Waals surface area contributed by atoms with Crippen LogP contribution in [0.3, 0.4) is 0 Å². The van der Waals surface area contributed by atoms with Crippen LogP contribution in [0, 0.1) is 6.92 Å². The second-order valence-electron chi connectivity index (χ2n) is 7.92. The Morgan fingerprint density at radius 1 is 1.19 bits per heavy atom. The molecule has 1 aromatic carbocycles. The van der Waals surface area contributed by atoms with Crippen molar-refractivity contribution in [1.29, 1.82) is 0 Å². The van der Waals surface area contributed by atoms with Gasteiger partial charge in [-0.25, -0.2) is 0 Å². The molecule has 27 heavy (non-hydrogen) atoms. The molecule has 2 aromatic rings. The minimum Gasteiger partial charge on any atom is -0.484 e. The van der Waals surface area contributed by atoms with E-state index in [9.17, 15) is 9.59 Å². The summed E-state index contributed by atoms with van der Waals surface area (Å²) in [7, 11) is 0. The van der Waals surface area contributed by atoms with Crippen molar-refractivity contribution in [3.8, 4) is 5.75 Å². The lowest BCUT2D eigenvalue weighted by atomic mass is 10.1. The van der Waals surface area contributed by atoms with Gasteiger partial charge in [-0.1, -0.05) is 17.7 Å². The van der Waals surface area contributed by atoms with E-state index in [1.165, 1.54) is 0 Å². The Hall–Kier alpha value is -2.83. The van der Waals surface area contributed by atoms with Crippen molar-refractivity contribution in [3.63, 3.8) is 0 Å². The zero-order chi connectivity index (χ0) is 19.6. The van der Waals surface area contributed by atoms with Crippen molar-refractivity contribution in [2.75, 3.05) is 6.61 Å². The Morgan fingerprint density at radius 2 is 1.85 bits per heavy atom. The molecule has 2 amide bonds. The van der Waals surface area contributed by atoms with E-state index in [-0.39, 0.29) is 12.1 Å². The number of nitrogens with zero attached hydrogens (tertiary/aromatic N) is 2. The van der Waals surface area contributed by atoms with Crippen LogP contribution in [-0.2, 0) is 10.3 Å². The van der Waals surface area contributed by atoms with E-state index in [0.717, 1.165) is 24.1 Å². The molecule has 2 N–H and O–H groups in total. The maximum absolute atomic E-state index is 12.4. The fraction of sp³-hybridized carbons (Fsp3) is 0.450. The Balaban J connectivity index is 1.54. The summed E-state index contributed by atoms with van der Waals surface area (Å²) in [5.41, 5.74) is 7.04. The van der Waals surface area contributed by atoms with Gasteiger partial charge in [0.15, 0.2) is 12.3 Å².